The molecule has 2 atom stereocenters. The number of carbonyl (C=O) groups excluding carboxylic acids is 1. The van der Waals surface area contributed by atoms with Gasteiger partial charge in [-0.05, 0) is 57.8 Å². The Kier molecular flexibility index (Phi) is 26.8. The second-order valence-corrected chi connectivity index (χ2v) is 12.2. The first-order chi connectivity index (χ1) is 19.8. The van der Waals surface area contributed by atoms with Crippen LogP contribution in [0, 0.1) is 0 Å². The zero-order valence-corrected chi connectivity index (χ0v) is 26.7. The smallest absolute Gasteiger partial charge is 0.267 e. The first kappa shape index (κ1) is 39.0. The zero-order chi connectivity index (χ0) is 30.4. The summed E-state index contributed by atoms with van der Waals surface area (Å²) < 4.78 is 31.9. The standard InChI is InChI=1S/C34H59NO5S/c1-3-5-7-9-10-11-12-13-14-15-16-17-18-19-20-21-22-23-24-26-28-30-34(37)35-32(31-41(38,39)40)33(36)29-27-25-8-6-4-2/h5,7,10-11,13-14,16-17,27,29,32-33,36H,3-4,6,8-9,12,15,18-26,28,30-31H2,1-2H3,(H,35,37)(H,38,39,40)/b7-5-,11-10-,14-13-,17-16-,29-27+. The van der Waals surface area contributed by atoms with Crippen LogP contribution < -0.4 is 5.32 Å². The molecular formula is C34H59NO5S. The number of allylic oxidation sites excluding steroid dienone is 9. The van der Waals surface area contributed by atoms with Crippen molar-refractivity contribution >= 4 is 16.0 Å². The Labute approximate surface area is 251 Å². The Morgan fingerprint density at radius 2 is 1.17 bits per heavy atom. The molecule has 0 aliphatic heterocycles. The van der Waals surface area contributed by atoms with Crippen LogP contribution in [-0.4, -0.2) is 41.9 Å². The molecule has 0 aliphatic carbocycles. The Morgan fingerprint density at radius 1 is 0.683 bits per heavy atom. The van der Waals surface area contributed by atoms with E-state index in [1.807, 2.05) is 0 Å². The van der Waals surface area contributed by atoms with Crippen LogP contribution in [0.4, 0.5) is 0 Å². The van der Waals surface area contributed by atoms with Gasteiger partial charge in [0.1, 0.15) is 0 Å². The van der Waals surface area contributed by atoms with E-state index >= 15 is 0 Å². The summed E-state index contributed by atoms with van der Waals surface area (Å²) in [6, 6.07) is -1.06. The van der Waals surface area contributed by atoms with Crippen molar-refractivity contribution in [2.24, 2.45) is 0 Å². The predicted molar refractivity (Wildman–Crippen MR) is 175 cm³/mol. The van der Waals surface area contributed by atoms with Gasteiger partial charge in [-0.25, -0.2) is 0 Å². The first-order valence-electron chi connectivity index (χ1n) is 16.0. The Morgan fingerprint density at radius 3 is 1.73 bits per heavy atom. The number of nitrogens with one attached hydrogen (secondary N) is 1. The number of aliphatic hydroxyl groups is 1. The lowest BCUT2D eigenvalue weighted by Gasteiger charge is -2.21. The van der Waals surface area contributed by atoms with Crippen LogP contribution in [0.2, 0.25) is 0 Å². The van der Waals surface area contributed by atoms with Gasteiger partial charge in [-0.2, -0.15) is 8.42 Å². The van der Waals surface area contributed by atoms with Crippen LogP contribution in [0.5, 0.6) is 0 Å². The molecule has 41 heavy (non-hydrogen) atoms. The summed E-state index contributed by atoms with van der Waals surface area (Å²) in [5.41, 5.74) is 0. The SMILES string of the molecule is CC/C=C\C/C=C\C/C=C\C/C=C\CCCCCCCCCCC(=O)NC(CS(=O)(=O)O)C(O)/C=C/CCCCC. The topological polar surface area (TPSA) is 104 Å². The van der Waals surface area contributed by atoms with Crippen molar-refractivity contribution < 1.29 is 22.9 Å². The van der Waals surface area contributed by atoms with Gasteiger partial charge in [0.05, 0.1) is 17.9 Å². The van der Waals surface area contributed by atoms with Crippen LogP contribution in [-0.2, 0) is 14.9 Å². The minimum absolute atomic E-state index is 0.282. The van der Waals surface area contributed by atoms with E-state index in [0.29, 0.717) is 0 Å². The van der Waals surface area contributed by atoms with Crippen molar-refractivity contribution in [2.75, 3.05) is 5.75 Å². The van der Waals surface area contributed by atoms with E-state index in [-0.39, 0.29) is 12.3 Å². The van der Waals surface area contributed by atoms with E-state index in [2.05, 4.69) is 67.8 Å². The molecule has 0 rings (SSSR count). The molecule has 0 heterocycles. The molecule has 7 heteroatoms. The molecule has 0 radical (unpaired) electrons. The van der Waals surface area contributed by atoms with E-state index in [1.54, 1.807) is 6.08 Å². The predicted octanol–water partition coefficient (Wildman–Crippen LogP) is 8.56. The quantitative estimate of drug-likeness (QED) is 0.0503. The number of rotatable bonds is 27. The van der Waals surface area contributed by atoms with Crippen LogP contribution >= 0.6 is 0 Å². The fraction of sp³-hybridized carbons (Fsp3) is 0.676. The normalized spacial score (nSPS) is 14.3. The van der Waals surface area contributed by atoms with Gasteiger partial charge in [0.25, 0.3) is 10.1 Å². The van der Waals surface area contributed by atoms with E-state index in [1.165, 1.54) is 31.8 Å². The average Bonchev–Trinajstić information content (AvgIpc) is 2.92. The van der Waals surface area contributed by atoms with Gasteiger partial charge >= 0.3 is 0 Å². The lowest BCUT2D eigenvalue weighted by Crippen LogP contribution is -2.46. The molecule has 0 saturated heterocycles. The number of aliphatic hydroxyl groups excluding tert-OH is 1. The second kappa shape index (κ2) is 28.2. The second-order valence-electron chi connectivity index (χ2n) is 10.7. The average molecular weight is 594 g/mol. The molecule has 0 bridgehead atoms. The van der Waals surface area contributed by atoms with Gasteiger partial charge in [0.15, 0.2) is 0 Å². The van der Waals surface area contributed by atoms with Crippen LogP contribution in [0.1, 0.15) is 129 Å². The molecule has 0 aromatic rings. The highest BCUT2D eigenvalue weighted by Gasteiger charge is 2.24. The highest BCUT2D eigenvalue weighted by Crippen LogP contribution is 2.12. The van der Waals surface area contributed by atoms with Crippen molar-refractivity contribution in [1.82, 2.24) is 5.32 Å². The van der Waals surface area contributed by atoms with Gasteiger partial charge in [-0.3, -0.25) is 9.35 Å². The third-order valence-electron chi connectivity index (χ3n) is 6.70. The highest BCUT2D eigenvalue weighted by atomic mass is 32.2. The fourth-order valence-corrected chi connectivity index (χ4v) is 5.05. The zero-order valence-electron chi connectivity index (χ0n) is 25.9. The Balaban J connectivity index is 3.87. The molecule has 0 fully saturated rings. The van der Waals surface area contributed by atoms with Crippen molar-refractivity contribution in [1.29, 1.82) is 0 Å². The van der Waals surface area contributed by atoms with E-state index in [0.717, 1.165) is 83.5 Å². The van der Waals surface area contributed by atoms with Crippen molar-refractivity contribution in [3.63, 3.8) is 0 Å². The van der Waals surface area contributed by atoms with Crippen molar-refractivity contribution in [3.05, 3.63) is 60.8 Å². The molecule has 0 spiro atoms. The molecule has 6 nitrogen and oxygen atoms in total. The van der Waals surface area contributed by atoms with Crippen LogP contribution in [0.25, 0.3) is 0 Å². The molecule has 2 unspecified atom stereocenters. The van der Waals surface area contributed by atoms with E-state index in [9.17, 15) is 22.9 Å². The maximum Gasteiger partial charge on any atom is 0.267 e. The molecule has 236 valence electrons. The van der Waals surface area contributed by atoms with Gasteiger partial charge < -0.3 is 10.4 Å². The van der Waals surface area contributed by atoms with E-state index < -0.39 is 28.0 Å². The van der Waals surface area contributed by atoms with Gasteiger partial charge in [-0.1, -0.05) is 126 Å². The number of unbranched alkanes of at least 4 members (excludes halogenated alkanes) is 11. The number of amides is 1. The maximum atomic E-state index is 12.3. The fourth-order valence-electron chi connectivity index (χ4n) is 4.32. The summed E-state index contributed by atoms with van der Waals surface area (Å²) in [4.78, 5) is 12.3. The summed E-state index contributed by atoms with van der Waals surface area (Å²) in [7, 11) is -4.33. The largest absolute Gasteiger partial charge is 0.387 e. The van der Waals surface area contributed by atoms with Crippen molar-refractivity contribution in [2.45, 2.75) is 142 Å². The molecule has 0 aromatic heterocycles. The van der Waals surface area contributed by atoms with Crippen LogP contribution in [0.3, 0.4) is 0 Å². The van der Waals surface area contributed by atoms with Gasteiger partial charge in [0, 0.05) is 6.42 Å². The summed E-state index contributed by atoms with van der Waals surface area (Å²) in [6.07, 6.45) is 38.2. The lowest BCUT2D eigenvalue weighted by molar-refractivity contribution is -0.122. The molecule has 3 N–H and O–H groups in total. The minimum Gasteiger partial charge on any atom is -0.387 e. The first-order valence-corrected chi connectivity index (χ1v) is 17.6. The molecule has 0 aromatic carbocycles. The summed E-state index contributed by atoms with van der Waals surface area (Å²) in [5, 5.41) is 12.9. The third kappa shape index (κ3) is 29.3. The van der Waals surface area contributed by atoms with Gasteiger partial charge in [0.2, 0.25) is 5.91 Å². The molecular weight excluding hydrogens is 534 g/mol. The van der Waals surface area contributed by atoms with Gasteiger partial charge in [-0.15, -0.1) is 0 Å². The van der Waals surface area contributed by atoms with Crippen molar-refractivity contribution in [3.8, 4) is 0 Å². The Bertz CT molecular complexity index is 874. The summed E-state index contributed by atoms with van der Waals surface area (Å²) in [5.74, 6) is -1.01. The number of hydrogen-bond donors (Lipinski definition) is 3. The molecule has 1 amide bonds. The number of carbonyl (C=O) groups is 1. The lowest BCUT2D eigenvalue weighted by atomic mass is 10.1. The highest BCUT2D eigenvalue weighted by molar-refractivity contribution is 7.85. The minimum atomic E-state index is -4.33. The molecule has 0 saturated carbocycles. The third-order valence-corrected chi connectivity index (χ3v) is 7.48. The molecule has 0 aliphatic rings. The number of hydrogen-bond acceptors (Lipinski definition) is 4. The summed E-state index contributed by atoms with van der Waals surface area (Å²) >= 11 is 0. The monoisotopic (exact) mass is 593 g/mol. The Hall–Kier alpha value is -1.96. The van der Waals surface area contributed by atoms with E-state index in [4.69, 9.17) is 0 Å². The van der Waals surface area contributed by atoms with Crippen LogP contribution in [0.15, 0.2) is 60.8 Å². The summed E-state index contributed by atoms with van der Waals surface area (Å²) in [6.45, 7) is 4.25. The maximum absolute atomic E-state index is 12.3.